The van der Waals surface area contributed by atoms with Crippen LogP contribution >= 0.6 is 15.9 Å². The molecule has 0 heterocycles. The van der Waals surface area contributed by atoms with Crippen molar-refractivity contribution in [1.29, 1.82) is 0 Å². The summed E-state index contributed by atoms with van der Waals surface area (Å²) in [6, 6.07) is 4.40. The van der Waals surface area contributed by atoms with Gasteiger partial charge in [0.05, 0.1) is 10.5 Å². The molecule has 1 aliphatic rings. The first-order chi connectivity index (χ1) is 10.0. The molecule has 0 aliphatic heterocycles. The number of carbonyl (C=O) groups excluding carboxylic acids is 1. The summed E-state index contributed by atoms with van der Waals surface area (Å²) in [7, 11) is 0. The van der Waals surface area contributed by atoms with E-state index in [9.17, 15) is 14.9 Å². The molecule has 1 aromatic rings. The minimum absolute atomic E-state index is 0.0811. The van der Waals surface area contributed by atoms with Gasteiger partial charge in [-0.1, -0.05) is 19.4 Å². The molecule has 1 aliphatic carbocycles. The Labute approximate surface area is 132 Å². The first kappa shape index (κ1) is 15.9. The number of hydrogen-bond donors (Lipinski definition) is 0. The van der Waals surface area contributed by atoms with Crippen molar-refractivity contribution in [2.45, 2.75) is 45.1 Å². The van der Waals surface area contributed by atoms with E-state index >= 15 is 0 Å². The molecular weight excluding hydrogens is 338 g/mol. The molecule has 1 aromatic carbocycles. The van der Waals surface area contributed by atoms with Crippen LogP contribution in [0.15, 0.2) is 22.7 Å². The molecule has 1 saturated carbocycles. The van der Waals surface area contributed by atoms with Gasteiger partial charge in [-0.3, -0.25) is 10.1 Å². The van der Waals surface area contributed by atoms with Gasteiger partial charge in [0, 0.05) is 6.07 Å². The lowest BCUT2D eigenvalue weighted by atomic mass is 9.85. The Bertz CT molecular complexity index is 546. The van der Waals surface area contributed by atoms with E-state index in [-0.39, 0.29) is 21.8 Å². The molecule has 6 heteroatoms. The lowest BCUT2D eigenvalue weighted by molar-refractivity contribution is -0.385. The van der Waals surface area contributed by atoms with E-state index in [1.165, 1.54) is 18.6 Å². The van der Waals surface area contributed by atoms with E-state index in [0.29, 0.717) is 5.92 Å². The molecule has 0 amide bonds. The maximum atomic E-state index is 12.3. The van der Waals surface area contributed by atoms with Crippen LogP contribution in [-0.2, 0) is 4.74 Å². The monoisotopic (exact) mass is 355 g/mol. The Kier molecular flexibility index (Phi) is 5.33. The van der Waals surface area contributed by atoms with Crippen LogP contribution in [0.25, 0.3) is 0 Å². The molecule has 5 nitrogen and oxygen atoms in total. The molecule has 2 rings (SSSR count). The topological polar surface area (TPSA) is 69.4 Å². The highest BCUT2D eigenvalue weighted by Crippen LogP contribution is 2.32. The summed E-state index contributed by atoms with van der Waals surface area (Å²) in [6.07, 6.45) is 5.08. The van der Waals surface area contributed by atoms with Crippen LogP contribution in [0.4, 0.5) is 5.69 Å². The second-order valence-corrected chi connectivity index (χ2v) is 6.09. The molecule has 0 radical (unpaired) electrons. The fraction of sp³-hybridized carbons (Fsp3) is 0.533. The van der Waals surface area contributed by atoms with Gasteiger partial charge in [0.25, 0.3) is 5.69 Å². The number of nitro benzene ring substituents is 1. The summed E-state index contributed by atoms with van der Waals surface area (Å²) in [5, 5.41) is 10.9. The quantitative estimate of drug-likeness (QED) is 0.453. The van der Waals surface area contributed by atoms with Gasteiger partial charge in [0.2, 0.25) is 0 Å². The SMILES string of the molecule is CCC1CCCCC1OC(=O)c1cccc([N+](=O)[O-])c1Br. The number of nitro groups is 1. The van der Waals surface area contributed by atoms with Crippen LogP contribution < -0.4 is 0 Å². The summed E-state index contributed by atoms with van der Waals surface area (Å²) in [5.41, 5.74) is 0.0877. The number of carbonyl (C=O) groups is 1. The van der Waals surface area contributed by atoms with Crippen molar-refractivity contribution in [3.63, 3.8) is 0 Å². The predicted octanol–water partition coefficient (Wildman–Crippen LogP) is 4.48. The molecular formula is C15H18BrNO4. The summed E-state index contributed by atoms with van der Waals surface area (Å²) in [5.74, 6) is -0.101. The third-order valence-corrected chi connectivity index (χ3v) is 4.85. The molecule has 0 bridgehead atoms. The predicted molar refractivity (Wildman–Crippen MR) is 82.2 cm³/mol. The van der Waals surface area contributed by atoms with E-state index in [4.69, 9.17) is 4.74 Å². The van der Waals surface area contributed by atoms with Crippen molar-refractivity contribution >= 4 is 27.6 Å². The molecule has 0 spiro atoms. The number of ether oxygens (including phenoxy) is 1. The minimum Gasteiger partial charge on any atom is -0.458 e. The van der Waals surface area contributed by atoms with Crippen LogP contribution in [0.5, 0.6) is 0 Å². The number of benzene rings is 1. The molecule has 0 N–H and O–H groups in total. The number of halogens is 1. The summed E-state index contributed by atoms with van der Waals surface area (Å²) < 4.78 is 5.79. The molecule has 1 fully saturated rings. The Morgan fingerprint density at radius 3 is 2.81 bits per heavy atom. The average molecular weight is 356 g/mol. The number of nitrogens with zero attached hydrogens (tertiary/aromatic N) is 1. The van der Waals surface area contributed by atoms with Crippen molar-refractivity contribution in [3.05, 3.63) is 38.3 Å². The first-order valence-corrected chi connectivity index (χ1v) is 7.97. The van der Waals surface area contributed by atoms with E-state index in [1.807, 2.05) is 0 Å². The zero-order valence-electron chi connectivity index (χ0n) is 11.9. The van der Waals surface area contributed by atoms with Gasteiger partial charge in [0.1, 0.15) is 10.6 Å². The normalized spacial score (nSPS) is 21.8. The van der Waals surface area contributed by atoms with E-state index in [2.05, 4.69) is 22.9 Å². The second-order valence-electron chi connectivity index (χ2n) is 5.29. The summed E-state index contributed by atoms with van der Waals surface area (Å²) in [6.45, 7) is 2.10. The van der Waals surface area contributed by atoms with Crippen LogP contribution in [0.1, 0.15) is 49.4 Å². The van der Waals surface area contributed by atoms with Crippen molar-refractivity contribution < 1.29 is 14.5 Å². The first-order valence-electron chi connectivity index (χ1n) is 7.18. The number of esters is 1. The zero-order chi connectivity index (χ0) is 15.4. The molecule has 21 heavy (non-hydrogen) atoms. The van der Waals surface area contributed by atoms with E-state index in [1.54, 1.807) is 6.07 Å². The fourth-order valence-electron chi connectivity index (χ4n) is 2.82. The van der Waals surface area contributed by atoms with Crippen LogP contribution in [0, 0.1) is 16.0 Å². The van der Waals surface area contributed by atoms with E-state index < -0.39 is 10.9 Å². The summed E-state index contributed by atoms with van der Waals surface area (Å²) >= 11 is 3.14. The third kappa shape index (κ3) is 3.61. The molecule has 0 aromatic heterocycles. The van der Waals surface area contributed by atoms with Gasteiger partial charge in [0.15, 0.2) is 0 Å². The highest BCUT2D eigenvalue weighted by atomic mass is 79.9. The van der Waals surface area contributed by atoms with Crippen molar-refractivity contribution in [1.82, 2.24) is 0 Å². The third-order valence-electron chi connectivity index (χ3n) is 4.02. The minimum atomic E-state index is -0.518. The van der Waals surface area contributed by atoms with Crippen LogP contribution in [0.2, 0.25) is 0 Å². The lowest BCUT2D eigenvalue weighted by Crippen LogP contribution is -2.29. The Hall–Kier alpha value is -1.43. The number of rotatable bonds is 4. The largest absolute Gasteiger partial charge is 0.458 e. The van der Waals surface area contributed by atoms with Gasteiger partial charge in [-0.2, -0.15) is 0 Å². The second kappa shape index (κ2) is 7.02. The fourth-order valence-corrected chi connectivity index (χ4v) is 3.39. The Morgan fingerprint density at radius 1 is 1.43 bits per heavy atom. The van der Waals surface area contributed by atoms with Gasteiger partial charge in [-0.15, -0.1) is 0 Å². The van der Waals surface area contributed by atoms with Gasteiger partial charge in [-0.25, -0.2) is 4.79 Å². The maximum Gasteiger partial charge on any atom is 0.339 e. The Morgan fingerprint density at radius 2 is 2.14 bits per heavy atom. The van der Waals surface area contributed by atoms with E-state index in [0.717, 1.165) is 25.7 Å². The standard InChI is InChI=1S/C15H18BrNO4/c1-2-10-6-3-4-9-13(10)21-15(18)11-7-5-8-12(14(11)16)17(19)20/h5,7-8,10,13H,2-4,6,9H2,1H3. The molecule has 114 valence electrons. The van der Waals surface area contributed by atoms with Gasteiger partial charge < -0.3 is 4.74 Å². The molecule has 2 atom stereocenters. The highest BCUT2D eigenvalue weighted by molar-refractivity contribution is 9.10. The molecule has 2 unspecified atom stereocenters. The van der Waals surface area contributed by atoms with Crippen molar-refractivity contribution in [2.24, 2.45) is 5.92 Å². The maximum absolute atomic E-state index is 12.3. The van der Waals surface area contributed by atoms with Crippen molar-refractivity contribution in [2.75, 3.05) is 0 Å². The smallest absolute Gasteiger partial charge is 0.339 e. The molecule has 0 saturated heterocycles. The lowest BCUT2D eigenvalue weighted by Gasteiger charge is -2.30. The Balaban J connectivity index is 2.17. The van der Waals surface area contributed by atoms with Crippen molar-refractivity contribution in [3.8, 4) is 0 Å². The van der Waals surface area contributed by atoms with Gasteiger partial charge >= 0.3 is 5.97 Å². The summed E-state index contributed by atoms with van der Waals surface area (Å²) in [4.78, 5) is 22.7. The zero-order valence-corrected chi connectivity index (χ0v) is 13.5. The van der Waals surface area contributed by atoms with Crippen LogP contribution in [0.3, 0.4) is 0 Å². The average Bonchev–Trinajstić information content (AvgIpc) is 2.47. The van der Waals surface area contributed by atoms with Gasteiger partial charge in [-0.05, 0) is 53.6 Å². The van der Waals surface area contributed by atoms with Crippen LogP contribution in [-0.4, -0.2) is 17.0 Å². The number of hydrogen-bond acceptors (Lipinski definition) is 4. The highest BCUT2D eigenvalue weighted by Gasteiger charge is 2.29.